The number of anilines is 2. The highest BCUT2D eigenvalue weighted by Gasteiger charge is 2.20. The molecule has 0 bridgehead atoms. The van der Waals surface area contributed by atoms with Crippen LogP contribution < -0.4 is 11.1 Å². The molecule has 158 valence electrons. The monoisotopic (exact) mass is 426 g/mol. The Kier molecular flexibility index (Phi) is 4.23. The Balaban J connectivity index is 1.70. The Hall–Kier alpha value is -3.85. The van der Waals surface area contributed by atoms with Gasteiger partial charge in [-0.3, -0.25) is 9.20 Å². The number of aromatic nitrogens is 3. The molecule has 4 aromatic rings. The van der Waals surface area contributed by atoms with Gasteiger partial charge in [-0.1, -0.05) is 18.2 Å². The van der Waals surface area contributed by atoms with E-state index in [4.69, 9.17) is 9.85 Å². The first-order valence-electron chi connectivity index (χ1n) is 10.7. The van der Waals surface area contributed by atoms with Crippen LogP contribution in [0, 0.1) is 25.4 Å². The van der Waals surface area contributed by atoms with E-state index >= 15 is 0 Å². The van der Waals surface area contributed by atoms with Gasteiger partial charge in [0.05, 0.1) is 11.4 Å². The molecule has 1 atom stereocenters. The highest BCUT2D eigenvalue weighted by atomic mass is 19.1. The summed E-state index contributed by atoms with van der Waals surface area (Å²) in [5.74, 6) is -2.70. The number of amides is 1. The van der Waals surface area contributed by atoms with Gasteiger partial charge in [-0.15, -0.1) is 0 Å². The van der Waals surface area contributed by atoms with Crippen LogP contribution in [0.5, 0.6) is 0 Å². The number of nitrogens with one attached hydrogen (secondary N) is 1. The molecule has 0 fully saturated rings. The minimum absolute atomic E-state index is 0.00877. The lowest BCUT2D eigenvalue weighted by molar-refractivity contribution is -0.124. The number of aliphatic hydroxyl groups is 1. The predicted molar refractivity (Wildman–Crippen MR) is 112 cm³/mol. The van der Waals surface area contributed by atoms with Crippen LogP contribution in [-0.2, 0) is 4.79 Å². The minimum Gasteiger partial charge on any atom is -0.382 e. The lowest BCUT2D eigenvalue weighted by Gasteiger charge is -2.13. The van der Waals surface area contributed by atoms with Gasteiger partial charge in [-0.25, -0.2) is 18.7 Å². The zero-order chi connectivity index (χ0) is 24.8. The molecule has 0 unspecified atom stereocenters. The number of hydrogen-bond acceptors (Lipinski definition) is 5. The van der Waals surface area contributed by atoms with Crippen LogP contribution in [0.25, 0.3) is 16.8 Å². The van der Waals surface area contributed by atoms with Crippen LogP contribution in [0.3, 0.4) is 0 Å². The van der Waals surface area contributed by atoms with Crippen molar-refractivity contribution < 1.29 is 22.8 Å². The number of benzene rings is 2. The van der Waals surface area contributed by atoms with Crippen molar-refractivity contribution in [2.75, 3.05) is 11.1 Å². The number of aryl methyl sites for hydroxylation is 2. The number of nitrogens with two attached hydrogens (primary N) is 1. The summed E-state index contributed by atoms with van der Waals surface area (Å²) in [4.78, 5) is 20.7. The third-order valence-corrected chi connectivity index (χ3v) is 4.68. The van der Waals surface area contributed by atoms with Crippen molar-refractivity contribution in [3.05, 3.63) is 77.4 Å². The van der Waals surface area contributed by atoms with Crippen LogP contribution >= 0.6 is 0 Å². The van der Waals surface area contributed by atoms with Crippen molar-refractivity contribution in [1.82, 2.24) is 14.4 Å². The molecular weight excluding hydrogens is 404 g/mol. The Morgan fingerprint density at radius 3 is 2.77 bits per heavy atom. The van der Waals surface area contributed by atoms with E-state index in [9.17, 15) is 18.7 Å². The fourth-order valence-electron chi connectivity index (χ4n) is 3.26. The number of hydrogen-bond donors (Lipinski definition) is 3. The van der Waals surface area contributed by atoms with E-state index in [0.29, 0.717) is 5.69 Å². The summed E-state index contributed by atoms with van der Waals surface area (Å²) in [6.45, 7) is -0.922. The summed E-state index contributed by atoms with van der Waals surface area (Å²) in [7, 11) is 0. The molecule has 2 aromatic heterocycles. The van der Waals surface area contributed by atoms with E-state index in [-0.39, 0.29) is 39.7 Å². The fourth-order valence-corrected chi connectivity index (χ4v) is 3.26. The van der Waals surface area contributed by atoms with E-state index < -0.39 is 30.5 Å². The van der Waals surface area contributed by atoms with Gasteiger partial charge in [0.2, 0.25) is 0 Å². The Labute approximate surface area is 180 Å². The molecule has 0 aliphatic heterocycles. The normalized spacial score (nSPS) is 14.0. The van der Waals surface area contributed by atoms with E-state index in [1.165, 1.54) is 34.9 Å². The fraction of sp³-hybridized carbons (Fsp3) is 0.136. The topological polar surface area (TPSA) is 106 Å². The summed E-state index contributed by atoms with van der Waals surface area (Å²) in [6.07, 6.45) is -0.245. The second-order valence-corrected chi connectivity index (χ2v) is 6.91. The second-order valence-electron chi connectivity index (χ2n) is 6.91. The lowest BCUT2D eigenvalue weighted by atomic mass is 10.1. The number of rotatable bonds is 4. The number of imidazole rings is 1. The van der Waals surface area contributed by atoms with Crippen LogP contribution in [0.1, 0.15) is 27.3 Å². The van der Waals surface area contributed by atoms with E-state index in [0.717, 1.165) is 18.2 Å². The number of aliphatic hydroxyl groups excluding tert-OH is 1. The number of nitrogen functional groups attached to an aromatic ring is 1. The standard InChI is InChI=1S/C22H19F2N5O2/c1-11-10-29-12(2)27-18(19(29)21(25)26-11)13-6-7-17(16(24)9-13)28-22(31)20(30)14-4-3-5-15(23)8-14/h3-10,20,30H,1-2H3,(H2,25,26)(H,28,31)/t20-/m0/s1/i2D3. The van der Waals surface area contributed by atoms with Crippen molar-refractivity contribution in [3.63, 3.8) is 0 Å². The molecule has 31 heavy (non-hydrogen) atoms. The van der Waals surface area contributed by atoms with Crippen molar-refractivity contribution in [3.8, 4) is 11.3 Å². The highest BCUT2D eigenvalue weighted by Crippen LogP contribution is 2.31. The summed E-state index contributed by atoms with van der Waals surface area (Å²) in [6, 6.07) is 8.55. The third kappa shape index (κ3) is 3.82. The minimum atomic E-state index is -2.57. The first-order chi connectivity index (χ1) is 16.0. The van der Waals surface area contributed by atoms with Gasteiger partial charge < -0.3 is 16.2 Å². The van der Waals surface area contributed by atoms with E-state index in [1.54, 1.807) is 6.92 Å². The molecule has 0 saturated carbocycles. The first-order valence-corrected chi connectivity index (χ1v) is 9.15. The molecule has 0 spiro atoms. The largest absolute Gasteiger partial charge is 0.382 e. The smallest absolute Gasteiger partial charge is 0.257 e. The molecule has 9 heteroatoms. The summed E-state index contributed by atoms with van der Waals surface area (Å²) < 4.78 is 52.9. The Morgan fingerprint density at radius 1 is 1.26 bits per heavy atom. The Bertz CT molecular complexity index is 1420. The van der Waals surface area contributed by atoms with Crippen molar-refractivity contribution in [1.29, 1.82) is 0 Å². The molecule has 2 aromatic carbocycles. The van der Waals surface area contributed by atoms with Crippen molar-refractivity contribution in [2.45, 2.75) is 19.9 Å². The van der Waals surface area contributed by atoms with E-state index in [1.807, 2.05) is 0 Å². The van der Waals surface area contributed by atoms with Crippen molar-refractivity contribution >= 4 is 22.9 Å². The van der Waals surface area contributed by atoms with Gasteiger partial charge in [-0.2, -0.15) is 0 Å². The van der Waals surface area contributed by atoms with Gasteiger partial charge in [0.15, 0.2) is 6.10 Å². The molecule has 0 aliphatic rings. The second kappa shape index (κ2) is 7.77. The number of carbonyl (C=O) groups is 1. The van der Waals surface area contributed by atoms with E-state index in [2.05, 4.69) is 15.3 Å². The maximum atomic E-state index is 14.9. The maximum absolute atomic E-state index is 14.9. The molecule has 4 N–H and O–H groups in total. The number of carbonyl (C=O) groups excluding carboxylic acids is 1. The van der Waals surface area contributed by atoms with Crippen LogP contribution in [0.2, 0.25) is 0 Å². The average Bonchev–Trinajstić information content (AvgIpc) is 3.14. The number of halogens is 2. The lowest BCUT2D eigenvalue weighted by Crippen LogP contribution is -2.21. The molecule has 4 rings (SSSR count). The van der Waals surface area contributed by atoms with Gasteiger partial charge in [-0.05, 0) is 43.6 Å². The van der Waals surface area contributed by atoms with Gasteiger partial charge in [0.1, 0.15) is 34.5 Å². The van der Waals surface area contributed by atoms with Gasteiger partial charge in [0.25, 0.3) is 5.91 Å². The molecule has 0 radical (unpaired) electrons. The number of fused-ring (bicyclic) bond motifs is 1. The maximum Gasteiger partial charge on any atom is 0.257 e. The quantitative estimate of drug-likeness (QED) is 0.463. The first kappa shape index (κ1) is 16.9. The molecule has 0 aliphatic carbocycles. The average molecular weight is 426 g/mol. The predicted octanol–water partition coefficient (Wildman–Crippen LogP) is 3.55. The molecule has 1 amide bonds. The summed E-state index contributed by atoms with van der Waals surface area (Å²) >= 11 is 0. The molecule has 0 saturated heterocycles. The van der Waals surface area contributed by atoms with Crippen molar-refractivity contribution in [2.24, 2.45) is 0 Å². The Morgan fingerprint density at radius 2 is 2.06 bits per heavy atom. The van der Waals surface area contributed by atoms with Crippen LogP contribution in [0.4, 0.5) is 20.3 Å². The van der Waals surface area contributed by atoms with Crippen LogP contribution in [-0.4, -0.2) is 25.4 Å². The highest BCUT2D eigenvalue weighted by molar-refractivity contribution is 5.95. The molecule has 7 nitrogen and oxygen atoms in total. The SMILES string of the molecule is [2H]C([2H])([2H])c1nc(-c2ccc(NC(=O)[C@@H](O)c3cccc(F)c3)c(F)c2)c2c(N)nc(C)cn12. The van der Waals surface area contributed by atoms with Gasteiger partial charge in [0, 0.05) is 15.9 Å². The summed E-state index contributed by atoms with van der Waals surface area (Å²) in [5, 5.41) is 12.4. The van der Waals surface area contributed by atoms with Gasteiger partial charge >= 0.3 is 0 Å². The molecule has 2 heterocycles. The summed E-state index contributed by atoms with van der Waals surface area (Å²) in [5.41, 5.74) is 6.77. The zero-order valence-electron chi connectivity index (χ0n) is 19.2. The molecular formula is C22H19F2N5O2. The van der Waals surface area contributed by atoms with Crippen LogP contribution in [0.15, 0.2) is 48.7 Å². The number of nitrogens with zero attached hydrogens (tertiary/aromatic N) is 3. The third-order valence-electron chi connectivity index (χ3n) is 4.68. The zero-order valence-corrected chi connectivity index (χ0v) is 16.2.